The molecule has 1 saturated carbocycles. The lowest BCUT2D eigenvalue weighted by Crippen LogP contribution is -2.13. The highest BCUT2D eigenvalue weighted by Gasteiger charge is 2.30. The molecule has 0 bridgehead atoms. The van der Waals surface area contributed by atoms with E-state index in [1.54, 1.807) is 24.3 Å². The third-order valence-electron chi connectivity index (χ3n) is 4.25. The lowest BCUT2D eigenvalue weighted by Gasteiger charge is -2.14. The number of nitrogens with zero attached hydrogens (tertiary/aromatic N) is 1. The number of carbonyl (C=O) groups excluding carboxylic acids is 1. The molecule has 3 rings (SSSR count). The van der Waals surface area contributed by atoms with E-state index in [0.29, 0.717) is 10.8 Å². The second-order valence-electron chi connectivity index (χ2n) is 5.45. The van der Waals surface area contributed by atoms with Crippen molar-refractivity contribution in [2.75, 3.05) is 0 Å². The van der Waals surface area contributed by atoms with Crippen LogP contribution in [0.4, 0.5) is 0 Å². The molecule has 4 nitrogen and oxygen atoms in total. The van der Waals surface area contributed by atoms with Gasteiger partial charge in [0.1, 0.15) is 6.07 Å². The number of aromatic hydroxyl groups is 2. The second-order valence-corrected chi connectivity index (χ2v) is 5.45. The van der Waals surface area contributed by atoms with Crippen molar-refractivity contribution in [3.63, 3.8) is 0 Å². The number of fused-ring (bicyclic) bond motifs is 1. The molecule has 2 aromatic rings. The van der Waals surface area contributed by atoms with E-state index < -0.39 is 5.75 Å². The lowest BCUT2D eigenvalue weighted by molar-refractivity contribution is 0.0919. The monoisotopic (exact) mass is 281 g/mol. The van der Waals surface area contributed by atoms with E-state index in [2.05, 4.69) is 0 Å². The number of benzene rings is 2. The summed E-state index contributed by atoms with van der Waals surface area (Å²) in [5, 5.41) is 30.7. The number of nitriles is 1. The number of hydrogen-bond donors (Lipinski definition) is 2. The molecule has 1 aliphatic rings. The molecule has 0 aliphatic heterocycles. The summed E-state index contributed by atoms with van der Waals surface area (Å²) in [5.74, 6) is -1.20. The van der Waals surface area contributed by atoms with Crippen molar-refractivity contribution < 1.29 is 15.0 Å². The molecule has 0 radical (unpaired) electrons. The molecular formula is C17H15NO3. The Morgan fingerprint density at radius 3 is 2.33 bits per heavy atom. The largest absolute Gasteiger partial charge is 0.504 e. The van der Waals surface area contributed by atoms with Gasteiger partial charge in [-0.1, -0.05) is 37.1 Å². The van der Waals surface area contributed by atoms with E-state index in [4.69, 9.17) is 0 Å². The molecule has 0 spiro atoms. The molecule has 0 atom stereocenters. The standard InChI is InChI=1S/C17H15NO3/c18-9-13-11-7-3-4-8-12(11)16(20)17(21)14(13)15(19)10-5-1-2-6-10/h3-4,7-8,10,20-21H,1-2,5-6H2. The fraction of sp³-hybridized carbons (Fsp3) is 0.294. The molecule has 1 fully saturated rings. The summed E-state index contributed by atoms with van der Waals surface area (Å²) < 4.78 is 0. The molecule has 2 aromatic carbocycles. The quantitative estimate of drug-likeness (QED) is 0.652. The van der Waals surface area contributed by atoms with Crippen molar-refractivity contribution in [1.82, 2.24) is 0 Å². The van der Waals surface area contributed by atoms with Crippen LogP contribution in [0.5, 0.6) is 11.5 Å². The molecule has 0 aromatic heterocycles. The van der Waals surface area contributed by atoms with Crippen LogP contribution in [0.2, 0.25) is 0 Å². The Kier molecular flexibility index (Phi) is 3.26. The third kappa shape index (κ3) is 2.02. The first-order valence-corrected chi connectivity index (χ1v) is 7.06. The van der Waals surface area contributed by atoms with E-state index in [9.17, 15) is 20.3 Å². The minimum atomic E-state index is -0.470. The van der Waals surface area contributed by atoms with Crippen LogP contribution in [-0.4, -0.2) is 16.0 Å². The zero-order valence-electron chi connectivity index (χ0n) is 11.5. The van der Waals surface area contributed by atoms with Gasteiger partial charge in [0.05, 0.1) is 11.1 Å². The van der Waals surface area contributed by atoms with E-state index >= 15 is 0 Å². The maximum atomic E-state index is 12.6. The zero-order chi connectivity index (χ0) is 15.0. The second kappa shape index (κ2) is 5.10. The smallest absolute Gasteiger partial charge is 0.171 e. The molecule has 4 heteroatoms. The molecule has 21 heavy (non-hydrogen) atoms. The van der Waals surface area contributed by atoms with Crippen LogP contribution < -0.4 is 0 Å². The van der Waals surface area contributed by atoms with E-state index in [-0.39, 0.29) is 28.6 Å². The van der Waals surface area contributed by atoms with Crippen LogP contribution in [-0.2, 0) is 0 Å². The van der Waals surface area contributed by atoms with Gasteiger partial charge in [-0.15, -0.1) is 0 Å². The Labute approximate surface area is 122 Å². The summed E-state index contributed by atoms with van der Waals surface area (Å²) in [6.07, 6.45) is 3.52. The predicted octanol–water partition coefficient (Wildman–Crippen LogP) is 3.50. The number of Topliss-reactive ketones (excluding diaryl/α,β-unsaturated/α-hetero) is 1. The Balaban J connectivity index is 2.29. The van der Waals surface area contributed by atoms with Gasteiger partial charge in [-0.2, -0.15) is 5.26 Å². The van der Waals surface area contributed by atoms with Gasteiger partial charge in [0, 0.05) is 16.7 Å². The summed E-state index contributed by atoms with van der Waals surface area (Å²) >= 11 is 0. The zero-order valence-corrected chi connectivity index (χ0v) is 11.5. The van der Waals surface area contributed by atoms with Crippen LogP contribution in [0.25, 0.3) is 10.8 Å². The van der Waals surface area contributed by atoms with Crippen LogP contribution in [0, 0.1) is 17.2 Å². The Bertz CT molecular complexity index is 768. The highest BCUT2D eigenvalue weighted by atomic mass is 16.3. The van der Waals surface area contributed by atoms with E-state index in [0.717, 1.165) is 25.7 Å². The van der Waals surface area contributed by atoms with Crippen molar-refractivity contribution in [3.8, 4) is 17.6 Å². The first kappa shape index (κ1) is 13.4. The molecule has 106 valence electrons. The van der Waals surface area contributed by atoms with Crippen molar-refractivity contribution in [3.05, 3.63) is 35.4 Å². The van der Waals surface area contributed by atoms with Gasteiger partial charge in [0.2, 0.25) is 0 Å². The topological polar surface area (TPSA) is 81.3 Å². The molecule has 0 unspecified atom stereocenters. The van der Waals surface area contributed by atoms with Crippen LogP contribution in [0.1, 0.15) is 41.6 Å². The Morgan fingerprint density at radius 2 is 1.71 bits per heavy atom. The molecule has 2 N–H and O–H groups in total. The fourth-order valence-corrected chi connectivity index (χ4v) is 3.15. The molecule has 0 saturated heterocycles. The summed E-state index contributed by atoms with van der Waals surface area (Å²) in [6.45, 7) is 0. The average Bonchev–Trinajstić information content (AvgIpc) is 3.04. The van der Waals surface area contributed by atoms with E-state index in [1.807, 2.05) is 6.07 Å². The highest BCUT2D eigenvalue weighted by molar-refractivity contribution is 6.10. The molecule has 1 aliphatic carbocycles. The summed E-state index contributed by atoms with van der Waals surface area (Å²) in [7, 11) is 0. The van der Waals surface area contributed by atoms with Crippen molar-refractivity contribution >= 4 is 16.6 Å². The van der Waals surface area contributed by atoms with Gasteiger partial charge in [0.25, 0.3) is 0 Å². The lowest BCUT2D eigenvalue weighted by atomic mass is 9.89. The number of ketones is 1. The van der Waals surface area contributed by atoms with Crippen LogP contribution in [0.15, 0.2) is 24.3 Å². The first-order valence-electron chi connectivity index (χ1n) is 7.06. The van der Waals surface area contributed by atoms with Gasteiger partial charge in [0.15, 0.2) is 17.3 Å². The maximum Gasteiger partial charge on any atom is 0.171 e. The summed E-state index contributed by atoms with van der Waals surface area (Å²) in [5.41, 5.74) is 0.124. The number of phenols is 2. The normalized spacial score (nSPS) is 15.2. The predicted molar refractivity (Wildman–Crippen MR) is 78.3 cm³/mol. The van der Waals surface area contributed by atoms with Crippen LogP contribution >= 0.6 is 0 Å². The van der Waals surface area contributed by atoms with Gasteiger partial charge in [-0.25, -0.2) is 0 Å². The number of rotatable bonds is 2. The van der Waals surface area contributed by atoms with Gasteiger partial charge < -0.3 is 10.2 Å². The fourth-order valence-electron chi connectivity index (χ4n) is 3.15. The SMILES string of the molecule is N#Cc1c(C(=O)C2CCCC2)c(O)c(O)c2ccccc12. The average molecular weight is 281 g/mol. The Morgan fingerprint density at radius 1 is 1.10 bits per heavy atom. The first-order chi connectivity index (χ1) is 10.1. The minimum absolute atomic E-state index is 0.0272. The number of phenolic OH excluding ortho intramolecular Hbond substituents is 2. The minimum Gasteiger partial charge on any atom is -0.504 e. The van der Waals surface area contributed by atoms with E-state index in [1.165, 1.54) is 0 Å². The highest BCUT2D eigenvalue weighted by Crippen LogP contribution is 2.42. The molecular weight excluding hydrogens is 266 g/mol. The third-order valence-corrected chi connectivity index (χ3v) is 4.25. The summed E-state index contributed by atoms with van der Waals surface area (Å²) in [6, 6.07) is 8.77. The van der Waals surface area contributed by atoms with Gasteiger partial charge >= 0.3 is 0 Å². The van der Waals surface area contributed by atoms with Crippen molar-refractivity contribution in [1.29, 1.82) is 5.26 Å². The summed E-state index contributed by atoms with van der Waals surface area (Å²) in [4.78, 5) is 12.6. The molecule has 0 heterocycles. The number of carbonyl (C=O) groups is 1. The van der Waals surface area contributed by atoms with Crippen molar-refractivity contribution in [2.45, 2.75) is 25.7 Å². The van der Waals surface area contributed by atoms with Crippen LogP contribution in [0.3, 0.4) is 0 Å². The van der Waals surface area contributed by atoms with Gasteiger partial charge in [-0.3, -0.25) is 4.79 Å². The molecule has 0 amide bonds. The van der Waals surface area contributed by atoms with Gasteiger partial charge in [-0.05, 0) is 12.8 Å². The Hall–Kier alpha value is -2.54. The maximum absolute atomic E-state index is 12.6. The van der Waals surface area contributed by atoms with Crippen molar-refractivity contribution in [2.24, 2.45) is 5.92 Å². The number of hydrogen-bond acceptors (Lipinski definition) is 4.